The van der Waals surface area contributed by atoms with Crippen LogP contribution in [0.1, 0.15) is 20.3 Å². The van der Waals surface area contributed by atoms with E-state index in [4.69, 9.17) is 0 Å². The molecule has 1 fully saturated rings. The molecule has 1 heterocycles. The second-order valence-electron chi connectivity index (χ2n) is 4.01. The number of likely N-dealkylation sites (tertiary alicyclic amines) is 1. The van der Waals surface area contributed by atoms with Crippen LogP contribution in [0.2, 0.25) is 0 Å². The molecule has 0 aliphatic carbocycles. The molecule has 0 saturated carbocycles. The van der Waals surface area contributed by atoms with Gasteiger partial charge in [-0.15, -0.1) is 0 Å². The molecule has 0 amide bonds. The molecule has 1 aliphatic rings. The molecule has 2 unspecified atom stereocenters. The monoisotopic (exact) mass is 128 g/mol. The van der Waals surface area contributed by atoms with Crippen LogP contribution in [-0.2, 0) is 0 Å². The maximum Gasteiger partial charge on any atom is 0.0885 e. The fourth-order valence-corrected chi connectivity index (χ4v) is 1.67. The summed E-state index contributed by atoms with van der Waals surface area (Å²) in [4.78, 5) is 0. The van der Waals surface area contributed by atoms with E-state index in [-0.39, 0.29) is 0 Å². The summed E-state index contributed by atoms with van der Waals surface area (Å²) in [6.07, 6.45) is 1.41. The van der Waals surface area contributed by atoms with Gasteiger partial charge >= 0.3 is 0 Å². The van der Waals surface area contributed by atoms with Gasteiger partial charge in [0, 0.05) is 12.3 Å². The first kappa shape index (κ1) is 7.07. The number of hydrogen-bond donors (Lipinski definition) is 0. The predicted molar refractivity (Wildman–Crippen MR) is 40.2 cm³/mol. The molecule has 54 valence electrons. The summed E-state index contributed by atoms with van der Waals surface area (Å²) in [7, 11) is 4.66. The van der Waals surface area contributed by atoms with Crippen LogP contribution in [0.3, 0.4) is 0 Å². The van der Waals surface area contributed by atoms with Crippen molar-refractivity contribution in [3.8, 4) is 0 Å². The van der Waals surface area contributed by atoms with Crippen molar-refractivity contribution >= 4 is 0 Å². The van der Waals surface area contributed by atoms with Crippen molar-refractivity contribution in [2.24, 2.45) is 5.92 Å². The smallest absolute Gasteiger partial charge is 0.0885 e. The number of hydrogen-bond acceptors (Lipinski definition) is 0. The molecule has 0 spiro atoms. The van der Waals surface area contributed by atoms with E-state index in [0.29, 0.717) is 0 Å². The third-order valence-electron chi connectivity index (χ3n) is 3.09. The van der Waals surface area contributed by atoms with Crippen molar-refractivity contribution in [3.63, 3.8) is 0 Å². The fraction of sp³-hybridized carbons (Fsp3) is 1.00. The van der Waals surface area contributed by atoms with E-state index in [1.54, 1.807) is 0 Å². The van der Waals surface area contributed by atoms with Crippen molar-refractivity contribution in [2.75, 3.05) is 20.6 Å². The van der Waals surface area contributed by atoms with Gasteiger partial charge in [-0.05, 0) is 6.92 Å². The van der Waals surface area contributed by atoms with E-state index in [0.717, 1.165) is 12.0 Å². The van der Waals surface area contributed by atoms with Gasteiger partial charge in [-0.25, -0.2) is 0 Å². The molecule has 0 aromatic carbocycles. The standard InChI is InChI=1S/C8H18N/c1-7-5-6-9(3,4)8(7)2/h7-8H,5-6H2,1-4H3/q+1. The van der Waals surface area contributed by atoms with Gasteiger partial charge in [-0.2, -0.15) is 0 Å². The summed E-state index contributed by atoms with van der Waals surface area (Å²) >= 11 is 0. The van der Waals surface area contributed by atoms with E-state index >= 15 is 0 Å². The van der Waals surface area contributed by atoms with E-state index in [2.05, 4.69) is 27.9 Å². The zero-order valence-electron chi connectivity index (χ0n) is 7.02. The SMILES string of the molecule is CC1CC[N+](C)(C)C1C. The van der Waals surface area contributed by atoms with E-state index in [1.807, 2.05) is 0 Å². The molecule has 1 aliphatic heterocycles. The lowest BCUT2D eigenvalue weighted by Gasteiger charge is -2.30. The lowest BCUT2D eigenvalue weighted by Crippen LogP contribution is -2.43. The highest BCUT2D eigenvalue weighted by atomic mass is 15.3. The minimum Gasteiger partial charge on any atom is -0.326 e. The third-order valence-corrected chi connectivity index (χ3v) is 3.09. The molecule has 1 heteroatoms. The van der Waals surface area contributed by atoms with Gasteiger partial charge in [0.15, 0.2) is 0 Å². The van der Waals surface area contributed by atoms with Gasteiger partial charge in [0.2, 0.25) is 0 Å². The molecular formula is C8H18N+. The van der Waals surface area contributed by atoms with Crippen LogP contribution >= 0.6 is 0 Å². The summed E-state index contributed by atoms with van der Waals surface area (Å²) in [5, 5.41) is 0. The first-order chi connectivity index (χ1) is 4.04. The van der Waals surface area contributed by atoms with Crippen molar-refractivity contribution in [1.29, 1.82) is 0 Å². The Morgan fingerprint density at radius 3 is 1.89 bits per heavy atom. The second kappa shape index (κ2) is 1.98. The molecule has 0 aromatic heterocycles. The fourth-order valence-electron chi connectivity index (χ4n) is 1.67. The molecule has 2 atom stereocenters. The number of nitrogens with zero attached hydrogens (tertiary/aromatic N) is 1. The highest BCUT2D eigenvalue weighted by Gasteiger charge is 2.35. The maximum absolute atomic E-state index is 2.36. The summed E-state index contributed by atoms with van der Waals surface area (Å²) in [5.74, 6) is 0.931. The lowest BCUT2D eigenvalue weighted by atomic mass is 10.1. The zero-order valence-corrected chi connectivity index (χ0v) is 7.02. The van der Waals surface area contributed by atoms with Gasteiger partial charge < -0.3 is 4.48 Å². The van der Waals surface area contributed by atoms with Gasteiger partial charge in [-0.3, -0.25) is 0 Å². The minimum absolute atomic E-state index is 0.866. The lowest BCUT2D eigenvalue weighted by molar-refractivity contribution is -0.901. The van der Waals surface area contributed by atoms with Crippen LogP contribution in [0, 0.1) is 5.92 Å². The van der Waals surface area contributed by atoms with Crippen molar-refractivity contribution in [2.45, 2.75) is 26.3 Å². The molecule has 0 bridgehead atoms. The van der Waals surface area contributed by atoms with Crippen LogP contribution in [-0.4, -0.2) is 31.2 Å². The quantitative estimate of drug-likeness (QED) is 0.434. The van der Waals surface area contributed by atoms with E-state index < -0.39 is 0 Å². The Morgan fingerprint density at radius 2 is 1.78 bits per heavy atom. The van der Waals surface area contributed by atoms with Gasteiger partial charge in [0.1, 0.15) is 0 Å². The largest absolute Gasteiger partial charge is 0.326 e. The molecule has 0 radical (unpaired) electrons. The van der Waals surface area contributed by atoms with Gasteiger partial charge in [0.25, 0.3) is 0 Å². The highest BCUT2D eigenvalue weighted by Crippen LogP contribution is 2.26. The summed E-state index contributed by atoms with van der Waals surface area (Å²) in [6.45, 7) is 6.08. The average Bonchev–Trinajstić information content (AvgIpc) is 1.97. The molecule has 9 heavy (non-hydrogen) atoms. The molecule has 1 saturated heterocycles. The van der Waals surface area contributed by atoms with Gasteiger partial charge in [-0.1, -0.05) is 6.92 Å². The van der Waals surface area contributed by atoms with Crippen molar-refractivity contribution in [3.05, 3.63) is 0 Å². The molecule has 0 aromatic rings. The van der Waals surface area contributed by atoms with E-state index in [9.17, 15) is 0 Å². The summed E-state index contributed by atoms with van der Waals surface area (Å²) in [5.41, 5.74) is 0. The van der Waals surface area contributed by atoms with Crippen LogP contribution in [0.25, 0.3) is 0 Å². The van der Waals surface area contributed by atoms with Crippen LogP contribution in [0.4, 0.5) is 0 Å². The second-order valence-corrected chi connectivity index (χ2v) is 4.01. The average molecular weight is 128 g/mol. The maximum atomic E-state index is 2.36. The molecule has 0 N–H and O–H groups in total. The Bertz CT molecular complexity index is 107. The number of quaternary nitrogens is 1. The minimum atomic E-state index is 0.866. The molecule has 1 nitrogen and oxygen atoms in total. The zero-order chi connectivity index (χ0) is 7.07. The predicted octanol–water partition coefficient (Wildman–Crippen LogP) is 1.49. The Kier molecular flexibility index (Phi) is 1.55. The van der Waals surface area contributed by atoms with Crippen LogP contribution in [0.5, 0.6) is 0 Å². The molecule has 1 rings (SSSR count). The first-order valence-electron chi connectivity index (χ1n) is 3.87. The Balaban J connectivity index is 2.62. The van der Waals surface area contributed by atoms with Crippen molar-refractivity contribution in [1.82, 2.24) is 0 Å². The normalized spacial score (nSPS) is 41.3. The van der Waals surface area contributed by atoms with E-state index in [1.165, 1.54) is 17.4 Å². The number of rotatable bonds is 0. The summed E-state index contributed by atoms with van der Waals surface area (Å²) in [6, 6.07) is 0.866. The Morgan fingerprint density at radius 1 is 1.22 bits per heavy atom. The highest BCUT2D eigenvalue weighted by molar-refractivity contribution is 4.67. The van der Waals surface area contributed by atoms with Crippen LogP contribution in [0.15, 0.2) is 0 Å². The Hall–Kier alpha value is -0.0400. The Labute approximate surface area is 58.3 Å². The summed E-state index contributed by atoms with van der Waals surface area (Å²) < 4.78 is 1.22. The van der Waals surface area contributed by atoms with Crippen LogP contribution < -0.4 is 0 Å². The first-order valence-corrected chi connectivity index (χ1v) is 3.87. The van der Waals surface area contributed by atoms with Crippen molar-refractivity contribution < 1.29 is 4.48 Å². The van der Waals surface area contributed by atoms with Gasteiger partial charge in [0.05, 0.1) is 26.7 Å². The topological polar surface area (TPSA) is 0 Å². The third kappa shape index (κ3) is 1.11. The molecular weight excluding hydrogens is 110 g/mol.